The maximum Gasteiger partial charge on any atom is 0.409 e. The van der Waals surface area contributed by atoms with Gasteiger partial charge in [0.25, 0.3) is 0 Å². The van der Waals surface area contributed by atoms with Crippen LogP contribution in [0.3, 0.4) is 0 Å². The minimum atomic E-state index is -0.286. The molecular weight excluding hydrogens is 234 g/mol. The Hall–Kier alpha value is -1.85. The average molecular weight is 251 g/mol. The molecule has 1 aliphatic rings. The van der Waals surface area contributed by atoms with Gasteiger partial charge in [0, 0.05) is 31.4 Å². The van der Waals surface area contributed by atoms with Gasteiger partial charge in [0.1, 0.15) is 6.33 Å². The Bertz CT molecular complexity index is 408. The van der Waals surface area contributed by atoms with Crippen LogP contribution in [-0.4, -0.2) is 46.1 Å². The molecule has 0 spiro atoms. The van der Waals surface area contributed by atoms with E-state index < -0.39 is 0 Å². The Balaban J connectivity index is 1.87. The minimum absolute atomic E-state index is 0.0372. The first-order chi connectivity index (χ1) is 8.72. The third-order valence-electron chi connectivity index (χ3n) is 3.13. The Morgan fingerprint density at radius 3 is 2.67 bits per heavy atom. The Morgan fingerprint density at radius 2 is 2.11 bits per heavy atom. The summed E-state index contributed by atoms with van der Waals surface area (Å²) in [5, 5.41) is 0. The number of nitrogens with zero attached hydrogens (tertiary/aromatic N) is 3. The van der Waals surface area contributed by atoms with Crippen molar-refractivity contribution in [3.63, 3.8) is 0 Å². The van der Waals surface area contributed by atoms with E-state index in [9.17, 15) is 9.59 Å². The van der Waals surface area contributed by atoms with Crippen LogP contribution >= 0.6 is 0 Å². The smallest absolute Gasteiger partial charge is 0.409 e. The maximum atomic E-state index is 12.1. The molecule has 0 aromatic carbocycles. The van der Waals surface area contributed by atoms with Gasteiger partial charge in [-0.1, -0.05) is 0 Å². The summed E-state index contributed by atoms with van der Waals surface area (Å²) in [5.74, 6) is 0.0147. The number of aromatic nitrogens is 2. The summed E-state index contributed by atoms with van der Waals surface area (Å²) in [6.45, 7) is 3.31. The van der Waals surface area contributed by atoms with E-state index in [-0.39, 0.29) is 17.9 Å². The van der Waals surface area contributed by atoms with Crippen LogP contribution in [0.4, 0.5) is 4.79 Å². The first-order valence-corrected chi connectivity index (χ1v) is 6.16. The third-order valence-corrected chi connectivity index (χ3v) is 3.13. The van der Waals surface area contributed by atoms with Crippen LogP contribution < -0.4 is 0 Å². The fourth-order valence-corrected chi connectivity index (χ4v) is 2.12. The summed E-state index contributed by atoms with van der Waals surface area (Å²) in [4.78, 5) is 29.1. The topological polar surface area (TPSA) is 64.4 Å². The molecule has 0 N–H and O–H groups in total. The lowest BCUT2D eigenvalue weighted by Gasteiger charge is -2.30. The molecular formula is C12H17N3O3. The van der Waals surface area contributed by atoms with E-state index in [1.807, 2.05) is 0 Å². The number of imidazole rings is 1. The first-order valence-electron chi connectivity index (χ1n) is 6.16. The Labute approximate surface area is 106 Å². The van der Waals surface area contributed by atoms with Gasteiger partial charge in [0.15, 0.2) is 0 Å². The van der Waals surface area contributed by atoms with E-state index in [1.165, 1.54) is 10.9 Å². The highest BCUT2D eigenvalue weighted by atomic mass is 16.6. The number of hydrogen-bond acceptors (Lipinski definition) is 4. The number of rotatable bonds is 2. The van der Waals surface area contributed by atoms with Crippen molar-refractivity contribution < 1.29 is 14.3 Å². The largest absolute Gasteiger partial charge is 0.450 e. The standard InChI is InChI=1S/C12H17N3O3/c1-2-18-12(17)14-6-3-10(4-7-14)11(16)15-8-5-13-9-15/h5,8-10H,2-4,6-7H2,1H3. The lowest BCUT2D eigenvalue weighted by molar-refractivity contribution is 0.0688. The number of hydrogen-bond donors (Lipinski definition) is 0. The van der Waals surface area contributed by atoms with Crippen molar-refractivity contribution in [2.75, 3.05) is 19.7 Å². The number of carbonyl (C=O) groups excluding carboxylic acids is 2. The summed E-state index contributed by atoms with van der Waals surface area (Å²) >= 11 is 0. The number of ether oxygens (including phenoxy) is 1. The highest BCUT2D eigenvalue weighted by molar-refractivity contribution is 5.81. The molecule has 0 bridgehead atoms. The van der Waals surface area contributed by atoms with Crippen molar-refractivity contribution in [2.45, 2.75) is 19.8 Å². The molecule has 6 heteroatoms. The molecule has 0 aliphatic carbocycles. The predicted octanol–water partition coefficient (Wildman–Crippen LogP) is 1.39. The summed E-state index contributed by atoms with van der Waals surface area (Å²) in [7, 11) is 0. The molecule has 0 radical (unpaired) electrons. The minimum Gasteiger partial charge on any atom is -0.450 e. The van der Waals surface area contributed by atoms with E-state index in [4.69, 9.17) is 4.74 Å². The Kier molecular flexibility index (Phi) is 3.96. The molecule has 1 saturated heterocycles. The zero-order valence-electron chi connectivity index (χ0n) is 10.4. The zero-order chi connectivity index (χ0) is 13.0. The van der Waals surface area contributed by atoms with E-state index in [1.54, 1.807) is 24.2 Å². The quantitative estimate of drug-likeness (QED) is 0.796. The van der Waals surface area contributed by atoms with Crippen molar-refractivity contribution in [1.82, 2.24) is 14.5 Å². The summed E-state index contributed by atoms with van der Waals surface area (Å²) in [5.41, 5.74) is 0. The van der Waals surface area contributed by atoms with E-state index >= 15 is 0 Å². The van der Waals surface area contributed by atoms with Gasteiger partial charge in [-0.2, -0.15) is 0 Å². The van der Waals surface area contributed by atoms with Crippen molar-refractivity contribution >= 4 is 12.0 Å². The molecule has 1 aromatic heterocycles. The van der Waals surface area contributed by atoms with Crippen LogP contribution in [0.2, 0.25) is 0 Å². The van der Waals surface area contributed by atoms with Crippen LogP contribution in [-0.2, 0) is 4.74 Å². The summed E-state index contributed by atoms with van der Waals surface area (Å²) in [6.07, 6.45) is 5.82. The van der Waals surface area contributed by atoms with Crippen molar-refractivity contribution in [3.05, 3.63) is 18.7 Å². The molecule has 2 rings (SSSR count). The molecule has 6 nitrogen and oxygen atoms in total. The van der Waals surface area contributed by atoms with Crippen LogP contribution in [0.25, 0.3) is 0 Å². The van der Waals surface area contributed by atoms with Gasteiger partial charge in [-0.25, -0.2) is 9.78 Å². The number of amides is 1. The fraction of sp³-hybridized carbons (Fsp3) is 0.583. The molecule has 2 heterocycles. The van der Waals surface area contributed by atoms with Crippen LogP contribution in [0, 0.1) is 5.92 Å². The highest BCUT2D eigenvalue weighted by Gasteiger charge is 2.28. The number of piperidine rings is 1. The molecule has 0 unspecified atom stereocenters. The second-order valence-electron chi connectivity index (χ2n) is 4.27. The monoisotopic (exact) mass is 251 g/mol. The molecule has 0 atom stereocenters. The summed E-state index contributed by atoms with van der Waals surface area (Å²) in [6, 6.07) is 0. The van der Waals surface area contributed by atoms with Crippen molar-refractivity contribution in [2.24, 2.45) is 5.92 Å². The number of likely N-dealkylation sites (tertiary alicyclic amines) is 1. The highest BCUT2D eigenvalue weighted by Crippen LogP contribution is 2.19. The van der Waals surface area contributed by atoms with Gasteiger partial charge >= 0.3 is 6.09 Å². The molecule has 18 heavy (non-hydrogen) atoms. The second kappa shape index (κ2) is 5.66. The molecule has 1 fully saturated rings. The van der Waals surface area contributed by atoms with Crippen molar-refractivity contribution in [1.29, 1.82) is 0 Å². The third kappa shape index (κ3) is 2.69. The first kappa shape index (κ1) is 12.6. The molecule has 98 valence electrons. The predicted molar refractivity (Wildman–Crippen MR) is 64.2 cm³/mol. The lowest BCUT2D eigenvalue weighted by Crippen LogP contribution is -2.41. The van der Waals surface area contributed by atoms with Gasteiger partial charge in [0.2, 0.25) is 5.91 Å². The van der Waals surface area contributed by atoms with Crippen LogP contribution in [0.1, 0.15) is 24.6 Å². The van der Waals surface area contributed by atoms with Crippen LogP contribution in [0.15, 0.2) is 18.7 Å². The zero-order valence-corrected chi connectivity index (χ0v) is 10.4. The second-order valence-corrected chi connectivity index (χ2v) is 4.27. The molecule has 1 aliphatic heterocycles. The normalized spacial score (nSPS) is 16.6. The van der Waals surface area contributed by atoms with E-state index in [2.05, 4.69) is 4.98 Å². The lowest BCUT2D eigenvalue weighted by atomic mass is 9.96. The van der Waals surface area contributed by atoms with Gasteiger partial charge in [0.05, 0.1) is 6.61 Å². The van der Waals surface area contributed by atoms with Crippen LogP contribution in [0.5, 0.6) is 0 Å². The Morgan fingerprint density at radius 1 is 1.39 bits per heavy atom. The average Bonchev–Trinajstić information content (AvgIpc) is 2.92. The van der Waals surface area contributed by atoms with Gasteiger partial charge in [-0.3, -0.25) is 9.36 Å². The van der Waals surface area contributed by atoms with Crippen molar-refractivity contribution in [3.8, 4) is 0 Å². The molecule has 0 saturated carbocycles. The molecule has 1 amide bonds. The summed E-state index contributed by atoms with van der Waals surface area (Å²) < 4.78 is 6.44. The van der Waals surface area contributed by atoms with Gasteiger partial charge in [-0.05, 0) is 19.8 Å². The maximum absolute atomic E-state index is 12.1. The van der Waals surface area contributed by atoms with E-state index in [0.717, 1.165) is 0 Å². The van der Waals surface area contributed by atoms with Gasteiger partial charge < -0.3 is 9.64 Å². The molecule has 1 aromatic rings. The fourth-order valence-electron chi connectivity index (χ4n) is 2.12. The van der Waals surface area contributed by atoms with Gasteiger partial charge in [-0.15, -0.1) is 0 Å². The number of carbonyl (C=O) groups is 2. The SMILES string of the molecule is CCOC(=O)N1CCC(C(=O)n2ccnc2)CC1. The van der Waals surface area contributed by atoms with E-state index in [0.29, 0.717) is 32.5 Å².